The topological polar surface area (TPSA) is 83.1 Å². The van der Waals surface area contributed by atoms with E-state index in [0.29, 0.717) is 29.8 Å². The fourth-order valence-electron chi connectivity index (χ4n) is 4.41. The molecular formula is C31H37FN4O4. The summed E-state index contributed by atoms with van der Waals surface area (Å²) < 4.78 is 24.7. The summed E-state index contributed by atoms with van der Waals surface area (Å²) in [5, 5.41) is 5.72. The maximum absolute atomic E-state index is 13.2. The zero-order valence-corrected chi connectivity index (χ0v) is 23.0. The van der Waals surface area contributed by atoms with E-state index < -0.39 is 6.04 Å². The number of benzene rings is 3. The second-order valence-electron chi connectivity index (χ2n) is 10.1. The van der Waals surface area contributed by atoms with Crippen molar-refractivity contribution in [3.05, 3.63) is 90.2 Å². The van der Waals surface area contributed by atoms with Crippen molar-refractivity contribution in [1.82, 2.24) is 15.1 Å². The number of rotatable bonds is 12. The SMILES string of the molecule is CC(C)N1CCN(CC(=O)N[C@@H](COCc2ccccc2)C(=O)Nc2ccc(Oc3ccc(F)cc3)cc2)CC1. The van der Waals surface area contributed by atoms with Crippen LogP contribution in [0, 0.1) is 5.82 Å². The Labute approximate surface area is 235 Å². The van der Waals surface area contributed by atoms with E-state index >= 15 is 0 Å². The number of ether oxygens (including phenoxy) is 2. The normalized spacial score (nSPS) is 15.0. The maximum atomic E-state index is 13.2. The molecule has 9 heteroatoms. The molecule has 1 aliphatic heterocycles. The van der Waals surface area contributed by atoms with Gasteiger partial charge in [0.15, 0.2) is 0 Å². The summed E-state index contributed by atoms with van der Waals surface area (Å²) in [6.07, 6.45) is 0. The van der Waals surface area contributed by atoms with Crippen molar-refractivity contribution in [2.24, 2.45) is 0 Å². The monoisotopic (exact) mass is 548 g/mol. The van der Waals surface area contributed by atoms with E-state index in [4.69, 9.17) is 9.47 Å². The van der Waals surface area contributed by atoms with E-state index in [1.54, 1.807) is 24.3 Å². The molecule has 0 aliphatic carbocycles. The van der Waals surface area contributed by atoms with Gasteiger partial charge >= 0.3 is 0 Å². The Morgan fingerprint density at radius 2 is 1.50 bits per heavy atom. The van der Waals surface area contributed by atoms with Crippen LogP contribution in [0.5, 0.6) is 11.5 Å². The maximum Gasteiger partial charge on any atom is 0.249 e. The van der Waals surface area contributed by atoms with E-state index in [9.17, 15) is 14.0 Å². The molecule has 0 radical (unpaired) electrons. The molecule has 4 rings (SSSR count). The summed E-state index contributed by atoms with van der Waals surface area (Å²) in [7, 11) is 0. The number of hydrogen-bond donors (Lipinski definition) is 2. The lowest BCUT2D eigenvalue weighted by Crippen LogP contribution is -2.53. The number of hydrogen-bond acceptors (Lipinski definition) is 6. The van der Waals surface area contributed by atoms with Gasteiger partial charge in [0.05, 0.1) is 19.8 Å². The molecule has 1 heterocycles. The molecule has 1 aliphatic rings. The number of nitrogens with one attached hydrogen (secondary N) is 2. The second kappa shape index (κ2) is 14.6. The van der Waals surface area contributed by atoms with Gasteiger partial charge in [-0.2, -0.15) is 0 Å². The highest BCUT2D eigenvalue weighted by Gasteiger charge is 2.25. The summed E-state index contributed by atoms with van der Waals surface area (Å²) in [6.45, 7) is 8.36. The molecule has 1 atom stereocenters. The van der Waals surface area contributed by atoms with Crippen LogP contribution in [0.2, 0.25) is 0 Å². The molecule has 8 nitrogen and oxygen atoms in total. The zero-order chi connectivity index (χ0) is 28.3. The van der Waals surface area contributed by atoms with Gasteiger partial charge in [0, 0.05) is 37.9 Å². The number of carbonyl (C=O) groups excluding carboxylic acids is 2. The van der Waals surface area contributed by atoms with Crippen LogP contribution in [0.3, 0.4) is 0 Å². The predicted molar refractivity (Wildman–Crippen MR) is 153 cm³/mol. The Morgan fingerprint density at radius 1 is 0.875 bits per heavy atom. The van der Waals surface area contributed by atoms with Gasteiger partial charge in [-0.15, -0.1) is 0 Å². The van der Waals surface area contributed by atoms with Crippen LogP contribution in [0.1, 0.15) is 19.4 Å². The average Bonchev–Trinajstić information content (AvgIpc) is 2.95. The first kappa shape index (κ1) is 29.2. The number of halogens is 1. The van der Waals surface area contributed by atoms with Gasteiger partial charge in [-0.3, -0.25) is 19.4 Å². The summed E-state index contributed by atoms with van der Waals surface area (Å²) in [4.78, 5) is 30.6. The Kier molecular flexibility index (Phi) is 10.6. The third-order valence-electron chi connectivity index (χ3n) is 6.72. The molecule has 0 aromatic heterocycles. The molecule has 3 aromatic rings. The van der Waals surface area contributed by atoms with Crippen LogP contribution in [0.4, 0.5) is 10.1 Å². The summed E-state index contributed by atoms with van der Waals surface area (Å²) in [5.41, 5.74) is 1.52. The quantitative estimate of drug-likeness (QED) is 0.352. The van der Waals surface area contributed by atoms with E-state index in [1.807, 2.05) is 30.3 Å². The molecule has 0 saturated carbocycles. The van der Waals surface area contributed by atoms with Crippen molar-refractivity contribution in [3.8, 4) is 11.5 Å². The first-order valence-electron chi connectivity index (χ1n) is 13.6. The lowest BCUT2D eigenvalue weighted by Gasteiger charge is -2.36. The highest BCUT2D eigenvalue weighted by molar-refractivity contribution is 5.97. The molecule has 0 unspecified atom stereocenters. The summed E-state index contributed by atoms with van der Waals surface area (Å²) >= 11 is 0. The first-order chi connectivity index (χ1) is 19.4. The highest BCUT2D eigenvalue weighted by atomic mass is 19.1. The van der Waals surface area contributed by atoms with E-state index in [1.165, 1.54) is 24.3 Å². The summed E-state index contributed by atoms with van der Waals surface area (Å²) in [5.74, 6) is 0.108. The number of anilines is 1. The minimum atomic E-state index is -0.872. The van der Waals surface area contributed by atoms with Crippen molar-refractivity contribution >= 4 is 17.5 Å². The van der Waals surface area contributed by atoms with Crippen LogP contribution in [0.25, 0.3) is 0 Å². The molecule has 1 fully saturated rings. The molecule has 2 amide bonds. The number of carbonyl (C=O) groups is 2. The smallest absolute Gasteiger partial charge is 0.249 e. The van der Waals surface area contributed by atoms with Crippen molar-refractivity contribution in [1.29, 1.82) is 0 Å². The summed E-state index contributed by atoms with van der Waals surface area (Å²) in [6, 6.07) is 21.8. The van der Waals surface area contributed by atoms with E-state index in [2.05, 4.69) is 34.3 Å². The van der Waals surface area contributed by atoms with Gasteiger partial charge in [0.2, 0.25) is 11.8 Å². The third kappa shape index (κ3) is 9.15. The van der Waals surface area contributed by atoms with E-state index in [0.717, 1.165) is 31.7 Å². The van der Waals surface area contributed by atoms with Crippen LogP contribution >= 0.6 is 0 Å². The molecule has 212 valence electrons. The van der Waals surface area contributed by atoms with Crippen LogP contribution in [0.15, 0.2) is 78.9 Å². The van der Waals surface area contributed by atoms with Crippen molar-refractivity contribution in [3.63, 3.8) is 0 Å². The lowest BCUT2D eigenvalue weighted by atomic mass is 10.2. The van der Waals surface area contributed by atoms with Gasteiger partial charge in [0.1, 0.15) is 23.4 Å². The average molecular weight is 549 g/mol. The van der Waals surface area contributed by atoms with Crippen LogP contribution < -0.4 is 15.4 Å². The molecule has 2 N–H and O–H groups in total. The fraction of sp³-hybridized carbons (Fsp3) is 0.355. The van der Waals surface area contributed by atoms with Gasteiger partial charge in [-0.1, -0.05) is 30.3 Å². The highest BCUT2D eigenvalue weighted by Crippen LogP contribution is 2.23. The zero-order valence-electron chi connectivity index (χ0n) is 23.0. The number of nitrogens with zero attached hydrogens (tertiary/aromatic N) is 2. The van der Waals surface area contributed by atoms with E-state index in [-0.39, 0.29) is 30.8 Å². The largest absolute Gasteiger partial charge is 0.457 e. The molecule has 3 aromatic carbocycles. The molecule has 0 bridgehead atoms. The van der Waals surface area contributed by atoms with Crippen molar-refractivity contribution in [2.45, 2.75) is 32.5 Å². The molecule has 40 heavy (non-hydrogen) atoms. The van der Waals surface area contributed by atoms with Gasteiger partial charge < -0.3 is 20.1 Å². The first-order valence-corrected chi connectivity index (χ1v) is 13.6. The van der Waals surface area contributed by atoms with Gasteiger partial charge in [-0.25, -0.2) is 4.39 Å². The number of amides is 2. The van der Waals surface area contributed by atoms with Crippen LogP contribution in [-0.4, -0.2) is 73.0 Å². The number of piperazine rings is 1. The minimum Gasteiger partial charge on any atom is -0.457 e. The van der Waals surface area contributed by atoms with Gasteiger partial charge in [-0.05, 0) is 67.9 Å². The second-order valence-corrected chi connectivity index (χ2v) is 10.1. The van der Waals surface area contributed by atoms with Crippen molar-refractivity contribution in [2.75, 3.05) is 44.6 Å². The predicted octanol–water partition coefficient (Wildman–Crippen LogP) is 4.28. The Morgan fingerprint density at radius 3 is 2.12 bits per heavy atom. The molecule has 1 saturated heterocycles. The Bertz CT molecular complexity index is 1210. The lowest BCUT2D eigenvalue weighted by molar-refractivity contribution is -0.129. The van der Waals surface area contributed by atoms with Crippen LogP contribution in [-0.2, 0) is 20.9 Å². The molecular weight excluding hydrogens is 511 g/mol. The van der Waals surface area contributed by atoms with Crippen molar-refractivity contribution < 1.29 is 23.5 Å². The Hall–Kier alpha value is -3.79. The Balaban J connectivity index is 1.33. The minimum absolute atomic E-state index is 0.0271. The fourth-order valence-corrected chi connectivity index (χ4v) is 4.41. The third-order valence-corrected chi connectivity index (χ3v) is 6.72. The standard InChI is InChI=1S/C31H37FN4O4/c1-23(2)36-18-16-35(17-19-36)20-30(37)34-29(22-39-21-24-6-4-3-5-7-24)31(38)33-26-10-14-28(15-11-26)40-27-12-8-25(32)9-13-27/h3-15,23,29H,16-22H2,1-2H3,(H,33,38)(H,34,37)/t29-/m0/s1. The molecule has 0 spiro atoms. The van der Waals surface area contributed by atoms with Gasteiger partial charge in [0.25, 0.3) is 0 Å².